The molecule has 0 radical (unpaired) electrons. The largest absolute Gasteiger partial charge is 0.368 e. The van der Waals surface area contributed by atoms with Crippen molar-refractivity contribution in [3.8, 4) is 0 Å². The Balaban J connectivity index is 2.06. The van der Waals surface area contributed by atoms with E-state index in [-0.39, 0.29) is 11.7 Å². The third-order valence-corrected chi connectivity index (χ3v) is 3.88. The highest BCUT2D eigenvalue weighted by molar-refractivity contribution is 8.00. The number of carbonyl (C=O) groups excluding carboxylic acids is 1. The second-order valence-electron chi connectivity index (χ2n) is 4.03. The van der Waals surface area contributed by atoms with E-state index in [1.54, 1.807) is 0 Å². The predicted molar refractivity (Wildman–Crippen MR) is 66.6 cm³/mol. The third kappa shape index (κ3) is 1.85. The standard InChI is InChI=1S/C10H13N5OS/c11-10-13-8(15-3-1-12-2-4-15)7-6(16)5-17-9(7)14-10/h12H,1-5H2,(H2,11,13,14). The lowest BCUT2D eigenvalue weighted by atomic mass is 10.2. The summed E-state index contributed by atoms with van der Waals surface area (Å²) in [6, 6.07) is 0. The van der Waals surface area contributed by atoms with Crippen LogP contribution in [0, 0.1) is 0 Å². The Hall–Kier alpha value is -1.34. The van der Waals surface area contributed by atoms with Gasteiger partial charge in [0.1, 0.15) is 10.8 Å². The Morgan fingerprint density at radius 3 is 2.82 bits per heavy atom. The Morgan fingerprint density at radius 1 is 1.29 bits per heavy atom. The third-order valence-electron chi connectivity index (χ3n) is 2.91. The molecule has 1 aromatic heterocycles. The Kier molecular flexibility index (Phi) is 2.64. The van der Waals surface area contributed by atoms with Gasteiger partial charge in [0.25, 0.3) is 0 Å². The first-order valence-corrected chi connectivity index (χ1v) is 6.53. The van der Waals surface area contributed by atoms with Crippen LogP contribution in [0.1, 0.15) is 10.4 Å². The average molecular weight is 251 g/mol. The van der Waals surface area contributed by atoms with Crippen LogP contribution in [0.2, 0.25) is 0 Å². The van der Waals surface area contributed by atoms with Crippen LogP contribution in [0.4, 0.5) is 11.8 Å². The van der Waals surface area contributed by atoms with Crippen LogP contribution in [0.3, 0.4) is 0 Å². The zero-order chi connectivity index (χ0) is 11.8. The highest BCUT2D eigenvalue weighted by atomic mass is 32.2. The van der Waals surface area contributed by atoms with Crippen LogP contribution in [0.15, 0.2) is 5.03 Å². The molecule has 0 spiro atoms. The highest BCUT2D eigenvalue weighted by Crippen LogP contribution is 2.35. The Morgan fingerprint density at radius 2 is 2.06 bits per heavy atom. The predicted octanol–water partition coefficient (Wildman–Crippen LogP) is -0.243. The molecule has 0 atom stereocenters. The second-order valence-corrected chi connectivity index (χ2v) is 5.00. The molecule has 2 aliphatic heterocycles. The number of carbonyl (C=O) groups is 1. The number of Topliss-reactive ketones (excluding diaryl/α,β-unsaturated/α-hetero) is 1. The van der Waals surface area contributed by atoms with E-state index in [0.717, 1.165) is 31.2 Å². The number of nitrogens with one attached hydrogen (secondary N) is 1. The molecule has 0 amide bonds. The van der Waals surface area contributed by atoms with Crippen molar-refractivity contribution in [1.29, 1.82) is 0 Å². The molecule has 3 rings (SSSR count). The fraction of sp³-hybridized carbons (Fsp3) is 0.500. The minimum absolute atomic E-state index is 0.110. The average Bonchev–Trinajstić information content (AvgIpc) is 2.71. The molecule has 3 N–H and O–H groups in total. The van der Waals surface area contributed by atoms with Crippen LogP contribution in [0.25, 0.3) is 0 Å². The van der Waals surface area contributed by atoms with Gasteiger partial charge in [-0.3, -0.25) is 4.79 Å². The van der Waals surface area contributed by atoms with E-state index in [1.807, 2.05) is 0 Å². The maximum Gasteiger partial charge on any atom is 0.223 e. The molecule has 0 aromatic carbocycles. The lowest BCUT2D eigenvalue weighted by Gasteiger charge is -2.29. The van der Waals surface area contributed by atoms with Crippen molar-refractivity contribution in [1.82, 2.24) is 15.3 Å². The number of hydrogen-bond acceptors (Lipinski definition) is 7. The zero-order valence-electron chi connectivity index (χ0n) is 9.27. The van der Waals surface area contributed by atoms with Crippen molar-refractivity contribution in [3.63, 3.8) is 0 Å². The molecular weight excluding hydrogens is 238 g/mol. The van der Waals surface area contributed by atoms with E-state index in [1.165, 1.54) is 11.8 Å². The SMILES string of the molecule is Nc1nc2c(c(N3CCNCC3)n1)C(=O)CS2. The van der Waals surface area contributed by atoms with Crippen LogP contribution < -0.4 is 16.0 Å². The van der Waals surface area contributed by atoms with Gasteiger partial charge in [0.15, 0.2) is 5.78 Å². The Labute approximate surface area is 103 Å². The van der Waals surface area contributed by atoms with Crippen molar-refractivity contribution < 1.29 is 4.79 Å². The Bertz CT molecular complexity index is 472. The van der Waals surface area contributed by atoms with E-state index in [9.17, 15) is 4.79 Å². The number of nitrogens with two attached hydrogens (primary N) is 1. The zero-order valence-corrected chi connectivity index (χ0v) is 10.1. The van der Waals surface area contributed by atoms with Gasteiger partial charge in [-0.05, 0) is 0 Å². The number of piperazine rings is 1. The van der Waals surface area contributed by atoms with Gasteiger partial charge < -0.3 is 16.0 Å². The topological polar surface area (TPSA) is 84.1 Å². The van der Waals surface area contributed by atoms with Gasteiger partial charge in [-0.2, -0.15) is 4.98 Å². The lowest BCUT2D eigenvalue weighted by Crippen LogP contribution is -2.44. The van der Waals surface area contributed by atoms with Crippen LogP contribution in [-0.4, -0.2) is 47.7 Å². The molecule has 17 heavy (non-hydrogen) atoms. The first kappa shape index (κ1) is 10.8. The lowest BCUT2D eigenvalue weighted by molar-refractivity contribution is 0.102. The van der Waals surface area contributed by atoms with Crippen LogP contribution in [0.5, 0.6) is 0 Å². The van der Waals surface area contributed by atoms with Gasteiger partial charge in [0.2, 0.25) is 5.95 Å². The molecule has 0 aliphatic carbocycles. The molecule has 0 saturated carbocycles. The number of nitrogens with zero attached hydrogens (tertiary/aromatic N) is 3. The molecule has 2 aliphatic rings. The summed E-state index contributed by atoms with van der Waals surface area (Å²) in [5, 5.41) is 4.00. The number of fused-ring (bicyclic) bond motifs is 1. The number of thioether (sulfide) groups is 1. The highest BCUT2D eigenvalue weighted by Gasteiger charge is 2.29. The smallest absolute Gasteiger partial charge is 0.223 e. The van der Waals surface area contributed by atoms with Crippen molar-refractivity contribution >= 4 is 29.3 Å². The fourth-order valence-corrected chi connectivity index (χ4v) is 3.02. The van der Waals surface area contributed by atoms with Crippen LogP contribution in [-0.2, 0) is 0 Å². The first-order valence-electron chi connectivity index (χ1n) is 5.55. The van der Waals surface area contributed by atoms with Crippen molar-refractivity contribution in [3.05, 3.63) is 5.56 Å². The molecule has 1 aromatic rings. The van der Waals surface area contributed by atoms with E-state index in [0.29, 0.717) is 17.1 Å². The van der Waals surface area contributed by atoms with Gasteiger partial charge in [0, 0.05) is 26.2 Å². The van der Waals surface area contributed by atoms with Crippen molar-refractivity contribution in [2.45, 2.75) is 5.03 Å². The molecule has 3 heterocycles. The molecule has 0 bridgehead atoms. The second kappa shape index (κ2) is 4.15. The summed E-state index contributed by atoms with van der Waals surface area (Å²) in [7, 11) is 0. The summed E-state index contributed by atoms with van der Waals surface area (Å²) in [4.78, 5) is 22.3. The maximum atomic E-state index is 11.9. The number of anilines is 2. The first-order chi connectivity index (χ1) is 8.25. The quantitative estimate of drug-likeness (QED) is 0.666. The minimum atomic E-state index is 0.110. The summed E-state index contributed by atoms with van der Waals surface area (Å²) < 4.78 is 0. The van der Waals surface area contributed by atoms with E-state index in [2.05, 4.69) is 20.2 Å². The fourth-order valence-electron chi connectivity index (χ4n) is 2.10. The van der Waals surface area contributed by atoms with E-state index < -0.39 is 0 Å². The normalized spacial score (nSPS) is 19.5. The molecule has 0 unspecified atom stereocenters. The van der Waals surface area contributed by atoms with Crippen LogP contribution >= 0.6 is 11.8 Å². The van der Waals surface area contributed by atoms with Crippen molar-refractivity contribution in [2.24, 2.45) is 0 Å². The monoisotopic (exact) mass is 251 g/mol. The summed E-state index contributed by atoms with van der Waals surface area (Å²) in [6.45, 7) is 3.50. The van der Waals surface area contributed by atoms with Gasteiger partial charge in [-0.25, -0.2) is 4.98 Å². The van der Waals surface area contributed by atoms with Crippen molar-refractivity contribution in [2.75, 3.05) is 42.6 Å². The maximum absolute atomic E-state index is 11.9. The molecule has 1 saturated heterocycles. The number of aromatic nitrogens is 2. The molecule has 90 valence electrons. The number of ketones is 1. The number of nitrogen functional groups attached to an aromatic ring is 1. The van der Waals surface area contributed by atoms with E-state index >= 15 is 0 Å². The molecular formula is C10H13N5OS. The molecule has 7 heteroatoms. The summed E-state index contributed by atoms with van der Waals surface area (Å²) in [5.41, 5.74) is 6.35. The van der Waals surface area contributed by atoms with Gasteiger partial charge in [0.05, 0.1) is 11.3 Å². The number of hydrogen-bond donors (Lipinski definition) is 2. The van der Waals surface area contributed by atoms with E-state index in [4.69, 9.17) is 5.73 Å². The summed E-state index contributed by atoms with van der Waals surface area (Å²) in [6.07, 6.45) is 0. The number of rotatable bonds is 1. The summed E-state index contributed by atoms with van der Waals surface area (Å²) in [5.74, 6) is 1.52. The molecule has 1 fully saturated rings. The van der Waals surface area contributed by atoms with Gasteiger partial charge in [-0.15, -0.1) is 0 Å². The summed E-state index contributed by atoms with van der Waals surface area (Å²) >= 11 is 1.45. The van der Waals surface area contributed by atoms with Gasteiger partial charge in [-0.1, -0.05) is 11.8 Å². The minimum Gasteiger partial charge on any atom is -0.368 e. The van der Waals surface area contributed by atoms with Gasteiger partial charge >= 0.3 is 0 Å². The molecule has 6 nitrogen and oxygen atoms in total.